The maximum atomic E-state index is 5.68. The zero-order chi connectivity index (χ0) is 22.2. The first kappa shape index (κ1) is 19.6. The summed E-state index contributed by atoms with van der Waals surface area (Å²) in [6.45, 7) is 3.20. The van der Waals surface area contributed by atoms with E-state index in [1.165, 1.54) is 0 Å². The minimum Gasteiger partial charge on any atom is -0.494 e. The number of aromatic amines is 1. The van der Waals surface area contributed by atoms with Crippen LogP contribution in [-0.4, -0.2) is 57.9 Å². The summed E-state index contributed by atoms with van der Waals surface area (Å²) in [6, 6.07) is 16.1. The molecule has 0 saturated carbocycles. The number of ether oxygens (including phenoxy) is 2. The van der Waals surface area contributed by atoms with Gasteiger partial charge in [-0.1, -0.05) is 12.1 Å². The molecule has 6 rings (SSSR count). The molecular formula is C24H23N7O2. The van der Waals surface area contributed by atoms with Gasteiger partial charge in [0.1, 0.15) is 17.7 Å². The van der Waals surface area contributed by atoms with Crippen LogP contribution in [-0.2, 0) is 4.74 Å². The predicted molar refractivity (Wildman–Crippen MR) is 128 cm³/mol. The molecule has 0 amide bonds. The molecular weight excluding hydrogens is 418 g/mol. The second kappa shape index (κ2) is 8.10. The average molecular weight is 441 g/mol. The lowest BCUT2D eigenvalue weighted by Crippen LogP contribution is -2.36. The second-order valence-electron chi connectivity index (χ2n) is 7.82. The molecule has 9 heteroatoms. The number of methoxy groups -OCH3 is 1. The Hall–Kier alpha value is -4.11. The van der Waals surface area contributed by atoms with Crippen LogP contribution in [0.15, 0.2) is 61.1 Å². The molecule has 1 saturated heterocycles. The maximum absolute atomic E-state index is 5.68. The van der Waals surface area contributed by atoms with E-state index < -0.39 is 0 Å². The van der Waals surface area contributed by atoms with Crippen molar-refractivity contribution in [1.29, 1.82) is 0 Å². The van der Waals surface area contributed by atoms with Crippen LogP contribution in [0, 0.1) is 0 Å². The quantitative estimate of drug-likeness (QED) is 0.427. The number of benzene rings is 2. The van der Waals surface area contributed by atoms with Crippen molar-refractivity contribution >= 4 is 39.4 Å². The highest BCUT2D eigenvalue weighted by atomic mass is 16.5. The number of H-pyrrole nitrogens is 1. The maximum Gasteiger partial charge on any atom is 0.231 e. The van der Waals surface area contributed by atoms with Crippen molar-refractivity contribution in [3.8, 4) is 11.6 Å². The van der Waals surface area contributed by atoms with E-state index in [4.69, 9.17) is 14.5 Å². The molecule has 1 aliphatic heterocycles. The number of hydrogen-bond acceptors (Lipinski definition) is 7. The third-order valence-electron chi connectivity index (χ3n) is 5.89. The fourth-order valence-corrected chi connectivity index (χ4v) is 4.21. The number of anilines is 3. The summed E-state index contributed by atoms with van der Waals surface area (Å²) in [4.78, 5) is 19.5. The Morgan fingerprint density at radius 3 is 2.82 bits per heavy atom. The highest BCUT2D eigenvalue weighted by Crippen LogP contribution is 2.33. The van der Waals surface area contributed by atoms with Crippen molar-refractivity contribution in [1.82, 2.24) is 24.5 Å². The standard InChI is InChI=1S/C24H23N7O2/c1-32-21-14-16(30-10-12-33-13-11-30)6-7-19(21)27-24-28-22-17(8-9-25-22)23(29-24)31-15-26-18-4-2-3-5-20(18)31/h2-9,14-15H,10-13H2,1H3,(H2,25,27,28,29). The van der Waals surface area contributed by atoms with Gasteiger partial charge in [-0.25, -0.2) is 4.98 Å². The van der Waals surface area contributed by atoms with Gasteiger partial charge >= 0.3 is 0 Å². The molecule has 33 heavy (non-hydrogen) atoms. The van der Waals surface area contributed by atoms with Gasteiger partial charge in [0.2, 0.25) is 5.95 Å². The number of morpholine rings is 1. The highest BCUT2D eigenvalue weighted by molar-refractivity contribution is 5.88. The van der Waals surface area contributed by atoms with Crippen molar-refractivity contribution in [3.05, 3.63) is 61.1 Å². The average Bonchev–Trinajstić information content (AvgIpc) is 3.51. The molecule has 4 heterocycles. The van der Waals surface area contributed by atoms with Crippen molar-refractivity contribution in [2.45, 2.75) is 0 Å². The monoisotopic (exact) mass is 441 g/mol. The summed E-state index contributed by atoms with van der Waals surface area (Å²) >= 11 is 0. The molecule has 0 spiro atoms. The molecule has 1 fully saturated rings. The second-order valence-corrected chi connectivity index (χ2v) is 7.82. The van der Waals surface area contributed by atoms with Gasteiger partial charge in [0.05, 0.1) is 42.4 Å². The molecule has 9 nitrogen and oxygen atoms in total. The summed E-state index contributed by atoms with van der Waals surface area (Å²) in [6.07, 6.45) is 3.66. The number of para-hydroxylation sites is 2. The smallest absolute Gasteiger partial charge is 0.231 e. The largest absolute Gasteiger partial charge is 0.494 e. The van der Waals surface area contributed by atoms with Gasteiger partial charge in [-0.3, -0.25) is 4.57 Å². The van der Waals surface area contributed by atoms with Gasteiger partial charge < -0.3 is 24.7 Å². The first-order chi connectivity index (χ1) is 16.3. The van der Waals surface area contributed by atoms with Crippen LogP contribution in [0.1, 0.15) is 0 Å². The first-order valence-electron chi connectivity index (χ1n) is 10.9. The molecule has 2 N–H and O–H groups in total. The van der Waals surface area contributed by atoms with Gasteiger partial charge in [0.15, 0.2) is 5.82 Å². The lowest BCUT2D eigenvalue weighted by atomic mass is 10.2. The minimum absolute atomic E-state index is 0.468. The van der Waals surface area contributed by atoms with E-state index in [2.05, 4.69) is 31.2 Å². The van der Waals surface area contributed by atoms with Gasteiger partial charge in [-0.05, 0) is 30.3 Å². The number of hydrogen-bond donors (Lipinski definition) is 2. The van der Waals surface area contributed by atoms with Crippen LogP contribution in [0.3, 0.4) is 0 Å². The molecule has 1 aliphatic rings. The Balaban J connectivity index is 1.39. The number of nitrogens with zero attached hydrogens (tertiary/aromatic N) is 5. The third-order valence-corrected chi connectivity index (χ3v) is 5.89. The number of imidazole rings is 1. The van der Waals surface area contributed by atoms with E-state index in [9.17, 15) is 0 Å². The zero-order valence-corrected chi connectivity index (χ0v) is 18.2. The van der Waals surface area contributed by atoms with E-state index in [0.717, 1.165) is 71.3 Å². The Kier molecular flexibility index (Phi) is 4.80. The zero-order valence-electron chi connectivity index (χ0n) is 18.2. The van der Waals surface area contributed by atoms with Crippen LogP contribution in [0.2, 0.25) is 0 Å². The number of fused-ring (bicyclic) bond motifs is 2. The third kappa shape index (κ3) is 3.52. The molecule has 0 radical (unpaired) electrons. The van der Waals surface area contributed by atoms with Gasteiger partial charge in [-0.15, -0.1) is 0 Å². The Morgan fingerprint density at radius 2 is 1.94 bits per heavy atom. The first-order valence-corrected chi connectivity index (χ1v) is 10.9. The van der Waals surface area contributed by atoms with E-state index in [1.54, 1.807) is 13.4 Å². The van der Waals surface area contributed by atoms with Crippen LogP contribution < -0.4 is 15.0 Å². The van der Waals surface area contributed by atoms with Crippen molar-refractivity contribution < 1.29 is 9.47 Å². The predicted octanol–water partition coefficient (Wildman–Crippen LogP) is 3.89. The molecule has 5 aromatic rings. The summed E-state index contributed by atoms with van der Waals surface area (Å²) in [5.74, 6) is 1.94. The molecule has 0 atom stereocenters. The molecule has 0 bridgehead atoms. The van der Waals surface area contributed by atoms with E-state index in [1.807, 2.05) is 53.2 Å². The van der Waals surface area contributed by atoms with Crippen molar-refractivity contribution in [2.75, 3.05) is 43.6 Å². The molecule has 0 unspecified atom stereocenters. The molecule has 0 aliphatic carbocycles. The van der Waals surface area contributed by atoms with Crippen LogP contribution in [0.4, 0.5) is 17.3 Å². The van der Waals surface area contributed by atoms with Crippen LogP contribution >= 0.6 is 0 Å². The summed E-state index contributed by atoms with van der Waals surface area (Å²) in [5.41, 5.74) is 4.53. The fraction of sp³-hybridized carbons (Fsp3) is 0.208. The van der Waals surface area contributed by atoms with E-state index in [0.29, 0.717) is 5.95 Å². The van der Waals surface area contributed by atoms with Crippen LogP contribution in [0.25, 0.3) is 27.9 Å². The SMILES string of the molecule is COc1cc(N2CCOCC2)ccc1Nc1nc(-n2cnc3ccccc32)c2cc[nH]c2n1. The Labute approximate surface area is 190 Å². The van der Waals surface area contributed by atoms with Crippen LogP contribution in [0.5, 0.6) is 5.75 Å². The molecule has 3 aromatic heterocycles. The number of nitrogens with one attached hydrogen (secondary N) is 2. The lowest BCUT2D eigenvalue weighted by Gasteiger charge is -2.29. The summed E-state index contributed by atoms with van der Waals surface area (Å²) in [5, 5.41) is 4.26. The summed E-state index contributed by atoms with van der Waals surface area (Å²) in [7, 11) is 1.67. The minimum atomic E-state index is 0.468. The highest BCUT2D eigenvalue weighted by Gasteiger charge is 2.16. The molecule has 166 valence electrons. The molecule has 2 aromatic carbocycles. The Bertz CT molecular complexity index is 1440. The van der Waals surface area contributed by atoms with E-state index >= 15 is 0 Å². The van der Waals surface area contributed by atoms with E-state index in [-0.39, 0.29) is 0 Å². The topological polar surface area (TPSA) is 93.1 Å². The van der Waals surface area contributed by atoms with Crippen molar-refractivity contribution in [2.24, 2.45) is 0 Å². The normalized spacial score (nSPS) is 14.2. The summed E-state index contributed by atoms with van der Waals surface area (Å²) < 4.78 is 13.1. The van der Waals surface area contributed by atoms with Gasteiger partial charge in [0, 0.05) is 31.0 Å². The van der Waals surface area contributed by atoms with Gasteiger partial charge in [-0.2, -0.15) is 9.97 Å². The lowest BCUT2D eigenvalue weighted by molar-refractivity contribution is 0.122. The van der Waals surface area contributed by atoms with Gasteiger partial charge in [0.25, 0.3) is 0 Å². The number of aromatic nitrogens is 5. The Morgan fingerprint density at radius 1 is 1.06 bits per heavy atom. The fourth-order valence-electron chi connectivity index (χ4n) is 4.21. The van der Waals surface area contributed by atoms with Crippen molar-refractivity contribution in [3.63, 3.8) is 0 Å². The number of rotatable bonds is 5.